The van der Waals surface area contributed by atoms with Crippen LogP contribution in [0.1, 0.15) is 32.6 Å². The third-order valence-electron chi connectivity index (χ3n) is 6.92. The highest BCUT2D eigenvalue weighted by molar-refractivity contribution is 5.71. The van der Waals surface area contributed by atoms with Crippen molar-refractivity contribution >= 4 is 11.9 Å². The Labute approximate surface area is 140 Å². The Morgan fingerprint density at radius 3 is 1.54 bits per heavy atom. The van der Waals surface area contributed by atoms with Crippen LogP contribution < -0.4 is 0 Å². The fourth-order valence-electron chi connectivity index (χ4n) is 5.45. The third kappa shape index (κ3) is 2.72. The summed E-state index contributed by atoms with van der Waals surface area (Å²) in [5, 5.41) is 46.0. The number of carboxylic acids is 2. The molecular weight excluding hydrogens is 316 g/mol. The number of aliphatic hydroxyl groups is 3. The average Bonchev–Trinajstić information content (AvgIpc) is 3.25. The molecule has 24 heavy (non-hydrogen) atoms. The zero-order chi connectivity index (χ0) is 17.8. The van der Waals surface area contributed by atoms with Gasteiger partial charge in [0, 0.05) is 5.92 Å². The first-order chi connectivity index (χ1) is 11.2. The summed E-state index contributed by atoms with van der Waals surface area (Å²) in [5.41, 5.74) is 0. The number of fused-ring (bicyclic) bond motifs is 4. The monoisotopic (exact) mass is 342 g/mol. The molecule has 4 fully saturated rings. The lowest BCUT2D eigenvalue weighted by molar-refractivity contribution is -0.147. The summed E-state index contributed by atoms with van der Waals surface area (Å²) in [7, 11) is 0. The van der Waals surface area contributed by atoms with Crippen molar-refractivity contribution in [2.24, 2.45) is 41.4 Å². The fraction of sp³-hybridized carbons (Fsp3) is 0.882. The quantitative estimate of drug-likeness (QED) is 0.483. The van der Waals surface area contributed by atoms with E-state index in [2.05, 4.69) is 0 Å². The molecule has 7 heteroatoms. The zero-order valence-corrected chi connectivity index (χ0v) is 13.7. The highest BCUT2D eigenvalue weighted by atomic mass is 16.4. The summed E-state index contributed by atoms with van der Waals surface area (Å²) in [4.78, 5) is 21.4. The van der Waals surface area contributed by atoms with E-state index in [1.165, 1.54) is 0 Å². The molecule has 0 aromatic heterocycles. The second-order valence-electron chi connectivity index (χ2n) is 8.01. The molecule has 4 rings (SSSR count). The number of carbonyl (C=O) groups is 2. The van der Waals surface area contributed by atoms with E-state index in [0.717, 1.165) is 12.8 Å². The van der Waals surface area contributed by atoms with Gasteiger partial charge in [0.25, 0.3) is 0 Å². The molecule has 0 aromatic rings. The molecular formula is C17H26O7. The molecule has 6 unspecified atom stereocenters. The summed E-state index contributed by atoms with van der Waals surface area (Å²) in [6.45, 7) is 2.02. The van der Waals surface area contributed by atoms with Gasteiger partial charge < -0.3 is 25.5 Å². The van der Waals surface area contributed by atoms with E-state index in [9.17, 15) is 24.9 Å². The molecule has 4 saturated carbocycles. The van der Waals surface area contributed by atoms with E-state index in [1.54, 1.807) is 0 Å². The topological polar surface area (TPSA) is 135 Å². The lowest BCUT2D eigenvalue weighted by atomic mass is 9.81. The van der Waals surface area contributed by atoms with E-state index < -0.39 is 30.1 Å². The van der Waals surface area contributed by atoms with Crippen LogP contribution in [-0.2, 0) is 9.59 Å². The van der Waals surface area contributed by atoms with Gasteiger partial charge >= 0.3 is 11.9 Å². The van der Waals surface area contributed by atoms with Crippen LogP contribution in [0.4, 0.5) is 0 Å². The molecule has 0 amide bonds. The minimum Gasteiger partial charge on any atom is -0.481 e. The Morgan fingerprint density at radius 2 is 1.17 bits per heavy atom. The molecule has 0 radical (unpaired) electrons. The van der Waals surface area contributed by atoms with Crippen molar-refractivity contribution in [3.05, 3.63) is 0 Å². The Hall–Kier alpha value is -1.18. The molecule has 7 nitrogen and oxygen atoms in total. The number of aliphatic hydroxyl groups excluding tert-OH is 3. The number of carboxylic acid groups (broad SMARTS) is 2. The van der Waals surface area contributed by atoms with Crippen molar-refractivity contribution in [2.75, 3.05) is 0 Å². The van der Waals surface area contributed by atoms with Crippen LogP contribution in [-0.4, -0.2) is 55.8 Å². The second-order valence-corrected chi connectivity index (χ2v) is 8.01. The summed E-state index contributed by atoms with van der Waals surface area (Å²) in [6.07, 6.45) is 1.01. The van der Waals surface area contributed by atoms with Crippen molar-refractivity contribution in [3.8, 4) is 0 Å². The van der Waals surface area contributed by atoms with Gasteiger partial charge in [-0.05, 0) is 49.4 Å². The van der Waals surface area contributed by atoms with Gasteiger partial charge in [-0.2, -0.15) is 0 Å². The molecule has 0 aromatic carbocycles. The minimum absolute atomic E-state index is 0.00565. The molecule has 4 bridgehead atoms. The first-order valence-electron chi connectivity index (χ1n) is 8.72. The molecule has 4 aliphatic carbocycles. The number of aliphatic carboxylic acids is 2. The summed E-state index contributed by atoms with van der Waals surface area (Å²) < 4.78 is 0. The normalized spacial score (nSPS) is 51.3. The van der Waals surface area contributed by atoms with Crippen LogP contribution in [0.5, 0.6) is 0 Å². The van der Waals surface area contributed by atoms with E-state index in [1.807, 2.05) is 6.92 Å². The zero-order valence-electron chi connectivity index (χ0n) is 13.7. The van der Waals surface area contributed by atoms with Crippen LogP contribution in [0.3, 0.4) is 0 Å². The number of hydrogen-bond donors (Lipinski definition) is 5. The Morgan fingerprint density at radius 1 is 0.708 bits per heavy atom. The average molecular weight is 342 g/mol. The Bertz CT molecular complexity index is 471. The first-order valence-corrected chi connectivity index (χ1v) is 8.72. The predicted molar refractivity (Wildman–Crippen MR) is 81.9 cm³/mol. The molecule has 4 aliphatic rings. The molecule has 10 atom stereocenters. The van der Waals surface area contributed by atoms with Crippen LogP contribution in [0, 0.1) is 41.4 Å². The van der Waals surface area contributed by atoms with Gasteiger partial charge in [0.2, 0.25) is 0 Å². The molecule has 0 spiro atoms. The van der Waals surface area contributed by atoms with Crippen LogP contribution in [0.2, 0.25) is 0 Å². The molecule has 0 heterocycles. The van der Waals surface area contributed by atoms with Crippen molar-refractivity contribution in [3.63, 3.8) is 0 Å². The third-order valence-corrected chi connectivity index (χ3v) is 6.92. The lowest BCUT2D eigenvalue weighted by Gasteiger charge is -2.27. The largest absolute Gasteiger partial charge is 0.481 e. The molecule has 0 aliphatic heterocycles. The SMILES string of the molecule is C[C@H]1C(O)C2C[C@H]1CC2C(=O)O.O=C(O)C1C[C@@H]2CC1C(O)[C@@H]2O. The first kappa shape index (κ1) is 17.6. The van der Waals surface area contributed by atoms with Crippen molar-refractivity contribution in [1.29, 1.82) is 0 Å². The molecule has 5 N–H and O–H groups in total. The van der Waals surface area contributed by atoms with Gasteiger partial charge in [0.15, 0.2) is 0 Å². The predicted octanol–water partition coefficient (Wildman–Crippen LogP) is 0.173. The summed E-state index contributed by atoms with van der Waals surface area (Å²) in [5.74, 6) is -1.70. The highest BCUT2D eigenvalue weighted by Crippen LogP contribution is 2.51. The van der Waals surface area contributed by atoms with Crippen molar-refractivity contribution in [1.82, 2.24) is 0 Å². The maximum atomic E-state index is 10.7. The van der Waals surface area contributed by atoms with E-state index >= 15 is 0 Å². The highest BCUT2D eigenvalue weighted by Gasteiger charge is 2.54. The van der Waals surface area contributed by atoms with Crippen molar-refractivity contribution in [2.45, 2.75) is 50.9 Å². The number of rotatable bonds is 2. The summed E-state index contributed by atoms with van der Waals surface area (Å²) >= 11 is 0. The van der Waals surface area contributed by atoms with Gasteiger partial charge in [-0.3, -0.25) is 9.59 Å². The van der Waals surface area contributed by atoms with Crippen LogP contribution >= 0.6 is 0 Å². The van der Waals surface area contributed by atoms with Gasteiger partial charge in [0.05, 0.1) is 30.1 Å². The maximum Gasteiger partial charge on any atom is 0.306 e. The summed E-state index contributed by atoms with van der Waals surface area (Å²) in [6, 6.07) is 0. The number of hydrogen-bond acceptors (Lipinski definition) is 5. The van der Waals surface area contributed by atoms with Gasteiger partial charge in [0.1, 0.15) is 0 Å². The maximum absolute atomic E-state index is 10.7. The van der Waals surface area contributed by atoms with E-state index in [0.29, 0.717) is 24.7 Å². The second kappa shape index (κ2) is 6.28. The Kier molecular flexibility index (Phi) is 4.61. The Balaban J connectivity index is 0.000000141. The smallest absolute Gasteiger partial charge is 0.306 e. The standard InChI is InChI=1S/C9H14O3.C8H12O4/c1-4-5-2-6(8(4)10)7(3-5)9(11)12;9-6-3-1-4(7(6)10)5(2-3)8(11)12/h4-8,10H,2-3H2,1H3,(H,11,12);3-7,9-10H,1-2H2,(H,11,12)/t4-,5+,6?,7?,8?;3-,4?,5?,6+,7?/m10/s1. The van der Waals surface area contributed by atoms with Gasteiger partial charge in [-0.1, -0.05) is 6.92 Å². The van der Waals surface area contributed by atoms with E-state index in [-0.39, 0.29) is 29.8 Å². The van der Waals surface area contributed by atoms with Crippen LogP contribution in [0.25, 0.3) is 0 Å². The van der Waals surface area contributed by atoms with Crippen LogP contribution in [0.15, 0.2) is 0 Å². The molecule has 136 valence electrons. The van der Waals surface area contributed by atoms with E-state index in [4.69, 9.17) is 10.2 Å². The van der Waals surface area contributed by atoms with Gasteiger partial charge in [-0.15, -0.1) is 0 Å². The molecule has 0 saturated heterocycles. The minimum atomic E-state index is -0.839. The van der Waals surface area contributed by atoms with Gasteiger partial charge in [-0.25, -0.2) is 0 Å². The van der Waals surface area contributed by atoms with Crippen molar-refractivity contribution < 1.29 is 35.1 Å². The fourth-order valence-corrected chi connectivity index (χ4v) is 5.45. The lowest BCUT2D eigenvalue weighted by Crippen LogP contribution is -2.39.